The van der Waals surface area contributed by atoms with Gasteiger partial charge >= 0.3 is 0 Å². The number of imidazole rings is 1. The number of fused-ring (bicyclic) bond motifs is 2. The zero-order valence-corrected chi connectivity index (χ0v) is 29.7. The van der Waals surface area contributed by atoms with Gasteiger partial charge in [-0.05, 0) is 58.3 Å². The van der Waals surface area contributed by atoms with Crippen molar-refractivity contribution in [2.75, 3.05) is 0 Å². The summed E-state index contributed by atoms with van der Waals surface area (Å²) in [5.74, 6) is 2.78. The highest BCUT2D eigenvalue weighted by Crippen LogP contribution is 2.37. The van der Waals surface area contributed by atoms with Crippen LogP contribution in [0, 0.1) is 0 Å². The number of benzene rings is 7. The molecule has 0 aliphatic rings. The van der Waals surface area contributed by atoms with E-state index in [9.17, 15) is 0 Å². The molecule has 258 valence electrons. The zero-order valence-electron chi connectivity index (χ0n) is 29.7. The summed E-state index contributed by atoms with van der Waals surface area (Å²) in [7, 11) is 0. The lowest BCUT2D eigenvalue weighted by Crippen LogP contribution is -2.00. The van der Waals surface area contributed by atoms with Gasteiger partial charge in [0.15, 0.2) is 17.5 Å². The van der Waals surface area contributed by atoms with Gasteiger partial charge in [-0.1, -0.05) is 152 Å². The fourth-order valence-electron chi connectivity index (χ4n) is 7.25. The third-order valence-electron chi connectivity index (χ3n) is 9.95. The lowest BCUT2D eigenvalue weighted by molar-refractivity contribution is 1.07. The van der Waals surface area contributed by atoms with Crippen molar-refractivity contribution in [2.45, 2.75) is 0 Å². The molecule has 0 spiro atoms. The molecule has 3 aromatic heterocycles. The minimum atomic E-state index is 0.633. The van der Waals surface area contributed by atoms with Crippen LogP contribution in [-0.4, -0.2) is 29.5 Å². The fourth-order valence-corrected chi connectivity index (χ4v) is 7.25. The van der Waals surface area contributed by atoms with Crippen LogP contribution in [0.1, 0.15) is 0 Å². The summed E-state index contributed by atoms with van der Waals surface area (Å²) in [6, 6.07) is 64.3. The van der Waals surface area contributed by atoms with E-state index in [2.05, 4.69) is 120 Å². The number of rotatable bonds is 7. The van der Waals surface area contributed by atoms with Gasteiger partial charge in [0.2, 0.25) is 0 Å². The van der Waals surface area contributed by atoms with Crippen LogP contribution in [0.5, 0.6) is 0 Å². The Balaban J connectivity index is 0.998. The Labute approximate surface area is 318 Å². The molecule has 6 nitrogen and oxygen atoms in total. The van der Waals surface area contributed by atoms with Crippen LogP contribution in [0.25, 0.3) is 95.4 Å². The smallest absolute Gasteiger partial charge is 0.164 e. The highest BCUT2D eigenvalue weighted by Gasteiger charge is 2.17. The van der Waals surface area contributed by atoms with E-state index in [0.29, 0.717) is 17.5 Å². The monoisotopic (exact) mass is 704 g/mol. The first-order chi connectivity index (χ1) is 27.3. The fraction of sp³-hybridized carbons (Fsp3) is 0. The molecular formula is C49H32N6. The predicted molar refractivity (Wildman–Crippen MR) is 222 cm³/mol. The molecule has 0 fully saturated rings. The van der Waals surface area contributed by atoms with E-state index in [1.165, 1.54) is 0 Å². The molecule has 0 N–H and O–H groups in total. The number of pyridine rings is 1. The molecule has 3 heterocycles. The Morgan fingerprint density at radius 3 is 1.45 bits per heavy atom. The van der Waals surface area contributed by atoms with Crippen LogP contribution in [0.4, 0.5) is 0 Å². The SMILES string of the molecule is c1ccc(-c2nc(-c3ccccc3)nc(-c3ccc(-c4ccc(-c5ccc(-c6nc7ccccc7n6-c6ccccc6)cn5)c5ccccc45)cc3)n2)cc1. The predicted octanol–water partition coefficient (Wildman–Crippen LogP) is 11.8. The summed E-state index contributed by atoms with van der Waals surface area (Å²) in [5, 5.41) is 2.29. The van der Waals surface area contributed by atoms with Gasteiger partial charge in [-0.2, -0.15) is 0 Å². The lowest BCUT2D eigenvalue weighted by Gasteiger charge is -2.13. The largest absolute Gasteiger partial charge is 0.292 e. The molecule has 0 radical (unpaired) electrons. The minimum absolute atomic E-state index is 0.633. The summed E-state index contributed by atoms with van der Waals surface area (Å²) in [5.41, 5.74) is 11.1. The van der Waals surface area contributed by atoms with Crippen LogP contribution in [0.15, 0.2) is 194 Å². The maximum absolute atomic E-state index is 5.03. The number of hydrogen-bond donors (Lipinski definition) is 0. The highest BCUT2D eigenvalue weighted by atomic mass is 15.1. The van der Waals surface area contributed by atoms with Crippen LogP contribution in [0.2, 0.25) is 0 Å². The van der Waals surface area contributed by atoms with Crippen LogP contribution in [-0.2, 0) is 0 Å². The topological polar surface area (TPSA) is 69.4 Å². The molecule has 10 rings (SSSR count). The van der Waals surface area contributed by atoms with Crippen molar-refractivity contribution >= 4 is 21.8 Å². The number of nitrogens with zero attached hydrogens (tertiary/aromatic N) is 6. The van der Waals surface area contributed by atoms with Crippen molar-refractivity contribution in [1.82, 2.24) is 29.5 Å². The average molecular weight is 705 g/mol. The van der Waals surface area contributed by atoms with Gasteiger partial charge < -0.3 is 0 Å². The van der Waals surface area contributed by atoms with Crippen LogP contribution >= 0.6 is 0 Å². The molecule has 0 aliphatic heterocycles. The van der Waals surface area contributed by atoms with Gasteiger partial charge in [0.05, 0.1) is 16.7 Å². The molecule has 7 aromatic carbocycles. The first-order valence-electron chi connectivity index (χ1n) is 18.3. The van der Waals surface area contributed by atoms with E-state index in [1.54, 1.807) is 0 Å². The van der Waals surface area contributed by atoms with Gasteiger partial charge in [0, 0.05) is 39.7 Å². The first kappa shape index (κ1) is 32.1. The Morgan fingerprint density at radius 1 is 0.345 bits per heavy atom. The van der Waals surface area contributed by atoms with E-state index in [-0.39, 0.29) is 0 Å². The van der Waals surface area contributed by atoms with Crippen molar-refractivity contribution < 1.29 is 0 Å². The zero-order chi connectivity index (χ0) is 36.6. The lowest BCUT2D eigenvalue weighted by atomic mass is 9.93. The third-order valence-corrected chi connectivity index (χ3v) is 9.95. The molecule has 0 aliphatic carbocycles. The molecule has 0 saturated carbocycles. The third kappa shape index (κ3) is 6.02. The number of para-hydroxylation sites is 3. The second-order valence-corrected chi connectivity index (χ2v) is 13.3. The van der Waals surface area contributed by atoms with E-state index >= 15 is 0 Å². The second-order valence-electron chi connectivity index (χ2n) is 13.3. The summed E-state index contributed by atoms with van der Waals surface area (Å²) < 4.78 is 2.20. The molecule has 0 amide bonds. The molecular weight excluding hydrogens is 673 g/mol. The molecule has 6 heteroatoms. The molecule has 10 aromatic rings. The summed E-state index contributed by atoms with van der Waals surface area (Å²) in [4.78, 5) is 24.7. The number of aromatic nitrogens is 6. The Kier molecular flexibility index (Phi) is 8.04. The maximum Gasteiger partial charge on any atom is 0.164 e. The second kappa shape index (κ2) is 13.8. The Bertz CT molecular complexity index is 2880. The highest BCUT2D eigenvalue weighted by molar-refractivity contribution is 6.04. The van der Waals surface area contributed by atoms with Gasteiger partial charge in [-0.3, -0.25) is 9.55 Å². The number of hydrogen-bond acceptors (Lipinski definition) is 5. The van der Waals surface area contributed by atoms with Crippen LogP contribution < -0.4 is 0 Å². The molecule has 0 saturated heterocycles. The maximum atomic E-state index is 5.03. The average Bonchev–Trinajstić information content (AvgIpc) is 3.67. The van der Waals surface area contributed by atoms with E-state index in [4.69, 9.17) is 24.9 Å². The summed E-state index contributed by atoms with van der Waals surface area (Å²) in [6.45, 7) is 0. The standard InChI is InChI=1S/C49H32N6/c1-4-14-34(15-5-1)46-52-47(35-16-6-2-7-17-35)54-48(53-46)36-26-24-33(25-27-36)39-29-30-42(41-21-11-10-20-40(39)41)43-31-28-37(32-50-43)49-51-44-22-12-13-23-45(44)55(49)38-18-8-3-9-19-38/h1-32H. The molecule has 0 atom stereocenters. The van der Waals surface area contributed by atoms with E-state index in [1.807, 2.05) is 79.0 Å². The van der Waals surface area contributed by atoms with Crippen molar-refractivity contribution in [2.24, 2.45) is 0 Å². The van der Waals surface area contributed by atoms with Crippen molar-refractivity contribution in [3.05, 3.63) is 194 Å². The molecule has 0 bridgehead atoms. The Morgan fingerprint density at radius 2 is 0.836 bits per heavy atom. The summed E-state index contributed by atoms with van der Waals surface area (Å²) >= 11 is 0. The summed E-state index contributed by atoms with van der Waals surface area (Å²) in [6.07, 6.45) is 1.94. The van der Waals surface area contributed by atoms with Gasteiger partial charge in [-0.15, -0.1) is 0 Å². The van der Waals surface area contributed by atoms with Gasteiger partial charge in [0.1, 0.15) is 5.82 Å². The molecule has 0 unspecified atom stereocenters. The van der Waals surface area contributed by atoms with Gasteiger partial charge in [0.25, 0.3) is 0 Å². The normalized spacial score (nSPS) is 11.3. The Hall–Kier alpha value is -7.57. The van der Waals surface area contributed by atoms with Crippen LogP contribution in [0.3, 0.4) is 0 Å². The van der Waals surface area contributed by atoms with E-state index < -0.39 is 0 Å². The minimum Gasteiger partial charge on any atom is -0.292 e. The quantitative estimate of drug-likeness (QED) is 0.165. The van der Waals surface area contributed by atoms with Crippen molar-refractivity contribution in [1.29, 1.82) is 0 Å². The van der Waals surface area contributed by atoms with Gasteiger partial charge in [-0.25, -0.2) is 19.9 Å². The first-order valence-corrected chi connectivity index (χ1v) is 18.3. The molecule has 55 heavy (non-hydrogen) atoms. The van der Waals surface area contributed by atoms with E-state index in [0.717, 1.165) is 78.0 Å². The van der Waals surface area contributed by atoms with Crippen molar-refractivity contribution in [3.8, 4) is 73.6 Å². The van der Waals surface area contributed by atoms with Crippen molar-refractivity contribution in [3.63, 3.8) is 0 Å².